The molecule has 1 aliphatic heterocycles. The zero-order valence-corrected chi connectivity index (χ0v) is 18.8. The van der Waals surface area contributed by atoms with Crippen LogP contribution in [0.5, 0.6) is 0 Å². The van der Waals surface area contributed by atoms with Crippen molar-refractivity contribution in [3.63, 3.8) is 0 Å². The van der Waals surface area contributed by atoms with Crippen molar-refractivity contribution in [2.75, 3.05) is 17.7 Å². The predicted octanol–water partition coefficient (Wildman–Crippen LogP) is 4.50. The van der Waals surface area contributed by atoms with Gasteiger partial charge in [-0.3, -0.25) is 14.2 Å². The standard InChI is InChI=1S/C24H22FN3O4S/c1-14-8-9-15(25)11-18(14)26-20(29)13-33-24-27-21-17-6-2-3-7-19(17)32-22(21)23(30)28(24)12-16-5-4-10-31-16/h2-3,6-9,11,16H,4-5,10,12-13H2,1H3,(H,26,29)/t16-/m0/s1. The summed E-state index contributed by atoms with van der Waals surface area (Å²) in [4.78, 5) is 30.7. The van der Waals surface area contributed by atoms with Crippen molar-refractivity contribution >= 4 is 45.4 Å². The Morgan fingerprint density at radius 2 is 2.15 bits per heavy atom. The summed E-state index contributed by atoms with van der Waals surface area (Å²) in [6.45, 7) is 2.80. The van der Waals surface area contributed by atoms with Gasteiger partial charge in [0.1, 0.15) is 16.9 Å². The van der Waals surface area contributed by atoms with Crippen molar-refractivity contribution in [3.8, 4) is 0 Å². The van der Waals surface area contributed by atoms with Crippen LogP contribution in [0, 0.1) is 12.7 Å². The molecule has 1 aliphatic rings. The van der Waals surface area contributed by atoms with E-state index in [9.17, 15) is 14.0 Å². The zero-order valence-electron chi connectivity index (χ0n) is 18.0. The number of para-hydroxylation sites is 1. The number of aryl methyl sites for hydroxylation is 1. The summed E-state index contributed by atoms with van der Waals surface area (Å²) in [6.07, 6.45) is 1.71. The molecule has 1 saturated heterocycles. The molecule has 33 heavy (non-hydrogen) atoms. The van der Waals surface area contributed by atoms with Crippen LogP contribution in [0.2, 0.25) is 0 Å². The monoisotopic (exact) mass is 467 g/mol. The number of carbonyl (C=O) groups is 1. The van der Waals surface area contributed by atoms with Gasteiger partial charge < -0.3 is 14.5 Å². The summed E-state index contributed by atoms with van der Waals surface area (Å²) in [6, 6.07) is 11.6. The van der Waals surface area contributed by atoms with Crippen LogP contribution >= 0.6 is 11.8 Å². The van der Waals surface area contributed by atoms with Crippen molar-refractivity contribution in [2.45, 2.75) is 37.6 Å². The number of nitrogens with zero attached hydrogens (tertiary/aromatic N) is 2. The number of aromatic nitrogens is 2. The van der Waals surface area contributed by atoms with Crippen LogP contribution in [0.15, 0.2) is 56.8 Å². The second-order valence-electron chi connectivity index (χ2n) is 8.02. The van der Waals surface area contributed by atoms with Crippen LogP contribution in [0.1, 0.15) is 18.4 Å². The summed E-state index contributed by atoms with van der Waals surface area (Å²) in [5.74, 6) is -0.730. The highest BCUT2D eigenvalue weighted by Crippen LogP contribution is 2.28. The Kier molecular flexibility index (Phi) is 5.90. The quantitative estimate of drug-likeness (QED) is 0.332. The van der Waals surface area contributed by atoms with Crippen LogP contribution in [0.25, 0.3) is 22.1 Å². The molecule has 0 spiro atoms. The molecule has 170 valence electrons. The number of halogens is 1. The van der Waals surface area contributed by atoms with Gasteiger partial charge in [-0.15, -0.1) is 0 Å². The predicted molar refractivity (Wildman–Crippen MR) is 125 cm³/mol. The van der Waals surface area contributed by atoms with Crippen LogP contribution in [0.4, 0.5) is 10.1 Å². The Hall–Kier alpha value is -3.17. The number of hydrogen-bond acceptors (Lipinski definition) is 6. The molecule has 5 rings (SSSR count). The second kappa shape index (κ2) is 8.99. The van der Waals surface area contributed by atoms with E-state index < -0.39 is 5.82 Å². The minimum Gasteiger partial charge on any atom is -0.448 e. The van der Waals surface area contributed by atoms with Gasteiger partial charge in [0.15, 0.2) is 5.16 Å². The van der Waals surface area contributed by atoms with Crippen molar-refractivity contribution in [2.24, 2.45) is 0 Å². The van der Waals surface area contributed by atoms with E-state index in [1.54, 1.807) is 19.1 Å². The van der Waals surface area contributed by atoms with Crippen molar-refractivity contribution in [1.29, 1.82) is 0 Å². The first-order valence-corrected chi connectivity index (χ1v) is 11.7. The summed E-state index contributed by atoms with van der Waals surface area (Å²) in [5.41, 5.74) is 2.13. The fourth-order valence-electron chi connectivity index (χ4n) is 3.96. The fraction of sp³-hybridized carbons (Fsp3) is 0.292. The topological polar surface area (TPSA) is 86.4 Å². The maximum Gasteiger partial charge on any atom is 0.297 e. The number of amides is 1. The highest BCUT2D eigenvalue weighted by atomic mass is 32.2. The molecule has 0 bridgehead atoms. The molecule has 0 saturated carbocycles. The number of fused-ring (bicyclic) bond motifs is 3. The Bertz CT molecular complexity index is 1410. The number of rotatable bonds is 6. The molecule has 0 radical (unpaired) electrons. The smallest absolute Gasteiger partial charge is 0.297 e. The largest absolute Gasteiger partial charge is 0.448 e. The first kappa shape index (κ1) is 21.7. The lowest BCUT2D eigenvalue weighted by atomic mass is 10.2. The Balaban J connectivity index is 1.47. The molecule has 2 aromatic heterocycles. The first-order valence-electron chi connectivity index (χ1n) is 10.7. The number of ether oxygens (including phenoxy) is 1. The molecular formula is C24H22FN3O4S. The van der Waals surface area contributed by atoms with E-state index in [2.05, 4.69) is 5.32 Å². The van der Waals surface area contributed by atoms with Crippen molar-refractivity contribution < 1.29 is 18.3 Å². The number of carbonyl (C=O) groups excluding carboxylic acids is 1. The number of benzene rings is 2. The van der Waals surface area contributed by atoms with Gasteiger partial charge in [0.05, 0.1) is 18.4 Å². The van der Waals surface area contributed by atoms with Gasteiger partial charge in [0.2, 0.25) is 11.5 Å². The third-order valence-electron chi connectivity index (χ3n) is 5.66. The van der Waals surface area contributed by atoms with Crippen LogP contribution in [0.3, 0.4) is 0 Å². The summed E-state index contributed by atoms with van der Waals surface area (Å²) in [7, 11) is 0. The van der Waals surface area contributed by atoms with E-state index in [1.165, 1.54) is 16.7 Å². The van der Waals surface area contributed by atoms with E-state index >= 15 is 0 Å². The normalized spacial score (nSPS) is 16.0. The molecule has 1 N–H and O–H groups in total. The number of thioether (sulfide) groups is 1. The Labute approximate surface area is 192 Å². The molecule has 1 fully saturated rings. The van der Waals surface area contributed by atoms with Crippen LogP contribution in [-0.2, 0) is 16.1 Å². The van der Waals surface area contributed by atoms with Gasteiger partial charge >= 0.3 is 0 Å². The summed E-state index contributed by atoms with van der Waals surface area (Å²) >= 11 is 1.16. The van der Waals surface area contributed by atoms with E-state index in [0.717, 1.165) is 35.6 Å². The third-order valence-corrected chi connectivity index (χ3v) is 6.64. The summed E-state index contributed by atoms with van der Waals surface area (Å²) < 4.78 is 26.6. The molecular weight excluding hydrogens is 445 g/mol. The number of hydrogen-bond donors (Lipinski definition) is 1. The fourth-order valence-corrected chi connectivity index (χ4v) is 4.76. The lowest BCUT2D eigenvalue weighted by molar-refractivity contribution is -0.113. The van der Waals surface area contributed by atoms with Crippen LogP contribution < -0.4 is 10.9 Å². The van der Waals surface area contributed by atoms with E-state index in [0.29, 0.717) is 35.1 Å². The molecule has 0 aliphatic carbocycles. The highest BCUT2D eigenvalue weighted by molar-refractivity contribution is 7.99. The zero-order chi connectivity index (χ0) is 22.9. The maximum absolute atomic E-state index is 13.6. The SMILES string of the molecule is Cc1ccc(F)cc1NC(=O)CSc1nc2c(oc3ccccc32)c(=O)n1C[C@@H]1CCCO1. The minimum atomic E-state index is -0.423. The molecule has 4 aromatic rings. The average Bonchev–Trinajstić information content (AvgIpc) is 3.45. The van der Waals surface area contributed by atoms with Crippen molar-refractivity contribution in [3.05, 3.63) is 64.2 Å². The van der Waals surface area contributed by atoms with Gasteiger partial charge in [-0.25, -0.2) is 9.37 Å². The van der Waals surface area contributed by atoms with Gasteiger partial charge in [0.25, 0.3) is 5.56 Å². The number of anilines is 1. The summed E-state index contributed by atoms with van der Waals surface area (Å²) in [5, 5.41) is 3.90. The van der Waals surface area contributed by atoms with E-state index in [4.69, 9.17) is 14.1 Å². The number of nitrogens with one attached hydrogen (secondary N) is 1. The van der Waals surface area contributed by atoms with Gasteiger partial charge in [-0.1, -0.05) is 30.0 Å². The first-order chi connectivity index (χ1) is 16.0. The molecule has 1 atom stereocenters. The maximum atomic E-state index is 13.6. The second-order valence-corrected chi connectivity index (χ2v) is 8.96. The van der Waals surface area contributed by atoms with E-state index in [-0.39, 0.29) is 28.9 Å². The third kappa shape index (κ3) is 4.38. The molecule has 7 nitrogen and oxygen atoms in total. The number of furan rings is 1. The molecule has 3 heterocycles. The molecule has 1 amide bonds. The molecule has 2 aromatic carbocycles. The molecule has 9 heteroatoms. The Morgan fingerprint density at radius 1 is 1.30 bits per heavy atom. The highest BCUT2D eigenvalue weighted by Gasteiger charge is 2.23. The van der Waals surface area contributed by atoms with Crippen LogP contribution in [-0.4, -0.2) is 33.9 Å². The van der Waals surface area contributed by atoms with Crippen molar-refractivity contribution in [1.82, 2.24) is 9.55 Å². The molecule has 0 unspecified atom stereocenters. The van der Waals surface area contributed by atoms with Gasteiger partial charge in [-0.2, -0.15) is 0 Å². The lowest BCUT2D eigenvalue weighted by Crippen LogP contribution is -2.29. The Morgan fingerprint density at radius 3 is 2.97 bits per heavy atom. The van der Waals surface area contributed by atoms with Gasteiger partial charge in [-0.05, 0) is 49.6 Å². The lowest BCUT2D eigenvalue weighted by Gasteiger charge is -2.15. The van der Waals surface area contributed by atoms with E-state index in [1.807, 2.05) is 18.2 Å². The van der Waals surface area contributed by atoms with Gasteiger partial charge in [0, 0.05) is 17.7 Å². The average molecular weight is 468 g/mol. The minimum absolute atomic E-state index is 0.00913.